The lowest BCUT2D eigenvalue weighted by Crippen LogP contribution is -2.22. The molecule has 1 aliphatic rings. The van der Waals surface area contributed by atoms with Gasteiger partial charge < -0.3 is 4.74 Å². The number of rotatable bonds is 3. The van der Waals surface area contributed by atoms with Gasteiger partial charge in [-0.15, -0.1) is 0 Å². The van der Waals surface area contributed by atoms with Crippen LogP contribution in [0.3, 0.4) is 0 Å². The Morgan fingerprint density at radius 1 is 1.23 bits per heavy atom. The Hall–Kier alpha value is -0.860. The van der Waals surface area contributed by atoms with Crippen LogP contribution in [0.1, 0.15) is 5.56 Å². The summed E-state index contributed by atoms with van der Waals surface area (Å²) in [5, 5.41) is 0. The summed E-state index contributed by atoms with van der Waals surface area (Å²) in [6, 6.07) is 10.6. The van der Waals surface area contributed by atoms with E-state index in [1.165, 1.54) is 5.56 Å². The third-order valence-corrected chi connectivity index (χ3v) is 2.39. The summed E-state index contributed by atoms with van der Waals surface area (Å²) in [6.45, 7) is 3.92. The molecule has 1 saturated heterocycles. The molecule has 0 spiro atoms. The molecule has 13 heavy (non-hydrogen) atoms. The smallest absolute Gasteiger partial charge is 0.0991 e. The number of nitrogens with zero attached hydrogens (tertiary/aromatic N) is 1. The molecule has 0 saturated carbocycles. The third kappa shape index (κ3) is 2.54. The molecule has 1 aliphatic heterocycles. The maximum absolute atomic E-state index is 5.27. The Bertz CT molecular complexity index is 242. The summed E-state index contributed by atoms with van der Waals surface area (Å²) in [4.78, 5) is 2.34. The summed E-state index contributed by atoms with van der Waals surface area (Å²) < 4.78 is 5.27. The molecule has 0 radical (unpaired) electrons. The fourth-order valence-electron chi connectivity index (χ4n) is 1.56. The molecule has 1 aromatic carbocycles. The van der Waals surface area contributed by atoms with Crippen molar-refractivity contribution in [2.45, 2.75) is 6.42 Å². The van der Waals surface area contributed by atoms with Gasteiger partial charge >= 0.3 is 0 Å². The van der Waals surface area contributed by atoms with Gasteiger partial charge in [-0.25, -0.2) is 0 Å². The van der Waals surface area contributed by atoms with Crippen LogP contribution in [0.15, 0.2) is 30.3 Å². The lowest BCUT2D eigenvalue weighted by molar-refractivity contribution is 0.141. The Balaban J connectivity index is 1.79. The minimum atomic E-state index is 0.812. The first kappa shape index (κ1) is 8.73. The average molecular weight is 177 g/mol. The molecule has 0 N–H and O–H groups in total. The van der Waals surface area contributed by atoms with Crippen LogP contribution in [0.25, 0.3) is 0 Å². The summed E-state index contributed by atoms with van der Waals surface area (Å²) in [5.74, 6) is 0. The van der Waals surface area contributed by atoms with Gasteiger partial charge in [0, 0.05) is 13.1 Å². The highest BCUT2D eigenvalue weighted by Crippen LogP contribution is 2.04. The molecule has 0 aliphatic carbocycles. The molecule has 0 amide bonds. The van der Waals surface area contributed by atoms with E-state index in [0.29, 0.717) is 0 Å². The standard InChI is InChI=1S/C11H15NO/c1-2-4-11(5-3-1)6-7-12-8-9-13-10-12/h1-5H,6-10H2. The molecule has 2 heteroatoms. The topological polar surface area (TPSA) is 12.5 Å². The van der Waals surface area contributed by atoms with Crippen LogP contribution in [0.2, 0.25) is 0 Å². The molecule has 0 bridgehead atoms. The SMILES string of the molecule is c1ccc(CCN2CCOC2)cc1. The molecule has 2 nitrogen and oxygen atoms in total. The van der Waals surface area contributed by atoms with E-state index in [1.54, 1.807) is 0 Å². The zero-order valence-corrected chi connectivity index (χ0v) is 7.78. The van der Waals surface area contributed by atoms with Crippen molar-refractivity contribution >= 4 is 0 Å². The van der Waals surface area contributed by atoms with Crippen LogP contribution in [-0.2, 0) is 11.2 Å². The molecule has 2 rings (SSSR count). The molecule has 0 unspecified atom stereocenters. The van der Waals surface area contributed by atoms with Gasteiger partial charge in [0.1, 0.15) is 0 Å². The van der Waals surface area contributed by atoms with Crippen LogP contribution < -0.4 is 0 Å². The highest BCUT2D eigenvalue weighted by atomic mass is 16.5. The van der Waals surface area contributed by atoms with E-state index in [0.717, 1.165) is 32.8 Å². The summed E-state index contributed by atoms with van der Waals surface area (Å²) in [5.41, 5.74) is 1.41. The van der Waals surface area contributed by atoms with E-state index in [1.807, 2.05) is 0 Å². The molecular weight excluding hydrogens is 162 g/mol. The van der Waals surface area contributed by atoms with Crippen molar-refractivity contribution in [1.82, 2.24) is 4.90 Å². The zero-order valence-electron chi connectivity index (χ0n) is 7.78. The quantitative estimate of drug-likeness (QED) is 0.694. The van der Waals surface area contributed by atoms with Crippen LogP contribution in [0.5, 0.6) is 0 Å². The lowest BCUT2D eigenvalue weighted by Gasteiger charge is -2.11. The van der Waals surface area contributed by atoms with Crippen molar-refractivity contribution in [2.24, 2.45) is 0 Å². The zero-order chi connectivity index (χ0) is 8.93. The fraction of sp³-hybridized carbons (Fsp3) is 0.455. The Morgan fingerprint density at radius 3 is 2.77 bits per heavy atom. The second-order valence-corrected chi connectivity index (χ2v) is 3.39. The van der Waals surface area contributed by atoms with Gasteiger partial charge in [-0.05, 0) is 12.0 Å². The highest BCUT2D eigenvalue weighted by Gasteiger charge is 2.10. The van der Waals surface area contributed by atoms with Crippen LogP contribution in [0.4, 0.5) is 0 Å². The molecule has 1 aromatic rings. The second-order valence-electron chi connectivity index (χ2n) is 3.39. The minimum Gasteiger partial charge on any atom is -0.365 e. The van der Waals surface area contributed by atoms with Crippen LogP contribution in [0, 0.1) is 0 Å². The van der Waals surface area contributed by atoms with Crippen LogP contribution >= 0.6 is 0 Å². The van der Waals surface area contributed by atoms with E-state index < -0.39 is 0 Å². The maximum Gasteiger partial charge on any atom is 0.0991 e. The summed E-state index contributed by atoms with van der Waals surface area (Å²) >= 11 is 0. The maximum atomic E-state index is 5.27. The molecule has 1 fully saturated rings. The first-order chi connectivity index (χ1) is 6.45. The minimum absolute atomic E-state index is 0.812. The van der Waals surface area contributed by atoms with Crippen LogP contribution in [-0.4, -0.2) is 31.3 Å². The predicted molar refractivity (Wildman–Crippen MR) is 52.5 cm³/mol. The van der Waals surface area contributed by atoms with E-state index in [-0.39, 0.29) is 0 Å². The Morgan fingerprint density at radius 2 is 2.08 bits per heavy atom. The van der Waals surface area contributed by atoms with Gasteiger partial charge in [-0.3, -0.25) is 4.90 Å². The number of hydrogen-bond donors (Lipinski definition) is 0. The van der Waals surface area contributed by atoms with Gasteiger partial charge in [0.25, 0.3) is 0 Å². The third-order valence-electron chi connectivity index (χ3n) is 2.39. The summed E-state index contributed by atoms with van der Waals surface area (Å²) in [6.07, 6.45) is 1.13. The van der Waals surface area contributed by atoms with E-state index in [4.69, 9.17) is 4.74 Å². The highest BCUT2D eigenvalue weighted by molar-refractivity contribution is 5.14. The molecule has 70 valence electrons. The van der Waals surface area contributed by atoms with Crippen molar-refractivity contribution < 1.29 is 4.74 Å². The molecule has 1 heterocycles. The van der Waals surface area contributed by atoms with Gasteiger partial charge in [-0.2, -0.15) is 0 Å². The van der Waals surface area contributed by atoms with Crippen molar-refractivity contribution in [3.63, 3.8) is 0 Å². The van der Waals surface area contributed by atoms with E-state index in [9.17, 15) is 0 Å². The van der Waals surface area contributed by atoms with Gasteiger partial charge in [0.05, 0.1) is 13.3 Å². The normalized spacial score (nSPS) is 17.8. The van der Waals surface area contributed by atoms with Gasteiger partial charge in [0.15, 0.2) is 0 Å². The van der Waals surface area contributed by atoms with Crippen molar-refractivity contribution in [3.8, 4) is 0 Å². The Labute approximate surface area is 79.1 Å². The van der Waals surface area contributed by atoms with E-state index >= 15 is 0 Å². The molecular formula is C11H15NO. The number of benzene rings is 1. The molecule has 0 atom stereocenters. The van der Waals surface area contributed by atoms with Gasteiger partial charge in [0.2, 0.25) is 0 Å². The average Bonchev–Trinajstić information content (AvgIpc) is 2.69. The number of hydrogen-bond acceptors (Lipinski definition) is 2. The first-order valence-corrected chi connectivity index (χ1v) is 4.79. The van der Waals surface area contributed by atoms with Gasteiger partial charge in [-0.1, -0.05) is 30.3 Å². The van der Waals surface area contributed by atoms with E-state index in [2.05, 4.69) is 35.2 Å². The number of ether oxygens (including phenoxy) is 1. The second kappa shape index (κ2) is 4.40. The van der Waals surface area contributed by atoms with Crippen molar-refractivity contribution in [3.05, 3.63) is 35.9 Å². The first-order valence-electron chi connectivity index (χ1n) is 4.79. The largest absolute Gasteiger partial charge is 0.365 e. The Kier molecular flexibility index (Phi) is 2.95. The lowest BCUT2D eigenvalue weighted by atomic mass is 10.1. The fourth-order valence-corrected chi connectivity index (χ4v) is 1.56. The predicted octanol–water partition coefficient (Wildman–Crippen LogP) is 1.52. The van der Waals surface area contributed by atoms with Crippen molar-refractivity contribution in [1.29, 1.82) is 0 Å². The monoisotopic (exact) mass is 177 g/mol. The summed E-state index contributed by atoms with van der Waals surface area (Å²) in [7, 11) is 0. The molecule has 0 aromatic heterocycles. The van der Waals surface area contributed by atoms with Crippen molar-refractivity contribution in [2.75, 3.05) is 26.4 Å².